The summed E-state index contributed by atoms with van der Waals surface area (Å²) in [7, 11) is 0. The van der Waals surface area contributed by atoms with Gasteiger partial charge in [0.1, 0.15) is 6.42 Å². The molecule has 0 aliphatic rings. The Labute approximate surface area is 155 Å². The Morgan fingerprint density at radius 2 is 1.37 bits per heavy atom. The predicted octanol–water partition coefficient (Wildman–Crippen LogP) is 4.56. The number of carboxylic acids is 2. The Morgan fingerprint density at radius 3 is 1.85 bits per heavy atom. The number of carbonyl (C=O) groups excluding carboxylic acids is 1. The fraction of sp³-hybridized carbons (Fsp3) is 0.136. The first kappa shape index (κ1) is 18.3. The molecule has 0 amide bonds. The fourth-order valence-electron chi connectivity index (χ4n) is 3.51. The van der Waals surface area contributed by atoms with E-state index in [1.54, 1.807) is 0 Å². The van der Waals surface area contributed by atoms with E-state index >= 15 is 0 Å². The van der Waals surface area contributed by atoms with Crippen molar-refractivity contribution >= 4 is 50.5 Å². The fourth-order valence-corrected chi connectivity index (χ4v) is 3.51. The van der Waals surface area contributed by atoms with E-state index in [1.165, 1.54) is 32.5 Å². The van der Waals surface area contributed by atoms with Crippen LogP contribution < -0.4 is 0 Å². The van der Waals surface area contributed by atoms with Gasteiger partial charge in [0.05, 0.1) is 0 Å². The summed E-state index contributed by atoms with van der Waals surface area (Å²) in [6, 6.07) is 14.9. The van der Waals surface area contributed by atoms with Crippen molar-refractivity contribution in [1.29, 1.82) is 0 Å². The molecule has 4 aromatic rings. The second-order valence-electron chi connectivity index (χ2n) is 6.43. The van der Waals surface area contributed by atoms with Crippen LogP contribution in [0.2, 0.25) is 0 Å². The second-order valence-corrected chi connectivity index (χ2v) is 6.43. The van der Waals surface area contributed by atoms with Crippen LogP contribution in [0, 0.1) is 13.8 Å². The molecule has 5 nitrogen and oxygen atoms in total. The summed E-state index contributed by atoms with van der Waals surface area (Å²) in [4.78, 5) is 30.4. The lowest BCUT2D eigenvalue weighted by Gasteiger charge is -2.16. The van der Waals surface area contributed by atoms with Gasteiger partial charge < -0.3 is 10.2 Å². The van der Waals surface area contributed by atoms with E-state index in [-0.39, 0.29) is 0 Å². The number of aldehydes is 1. The van der Waals surface area contributed by atoms with E-state index in [2.05, 4.69) is 49.4 Å². The molecule has 2 N–H and O–H groups in total. The van der Waals surface area contributed by atoms with Crippen LogP contribution in [-0.2, 0) is 9.59 Å². The van der Waals surface area contributed by atoms with Crippen molar-refractivity contribution in [3.8, 4) is 0 Å². The third-order valence-corrected chi connectivity index (χ3v) is 4.86. The molecule has 0 saturated heterocycles. The minimum absolute atomic E-state index is 0.806. The molecular weight excluding hydrogens is 344 g/mol. The Hall–Kier alpha value is -3.47. The number of aryl methyl sites for hydroxylation is 1. The molecule has 0 aliphatic heterocycles. The van der Waals surface area contributed by atoms with Crippen LogP contribution in [0.5, 0.6) is 0 Å². The molecule has 0 fully saturated rings. The summed E-state index contributed by atoms with van der Waals surface area (Å²) >= 11 is 0. The highest BCUT2D eigenvalue weighted by Crippen LogP contribution is 2.38. The van der Waals surface area contributed by atoms with Crippen molar-refractivity contribution < 1.29 is 24.6 Å². The Balaban J connectivity index is 0.000000260. The van der Waals surface area contributed by atoms with E-state index in [0.717, 1.165) is 22.8 Å². The van der Waals surface area contributed by atoms with Gasteiger partial charge in [-0.1, -0.05) is 42.5 Å². The summed E-state index contributed by atoms with van der Waals surface area (Å²) in [6.45, 7) is 4.14. The number of hydrogen-bond acceptors (Lipinski definition) is 3. The van der Waals surface area contributed by atoms with Crippen molar-refractivity contribution in [3.63, 3.8) is 0 Å². The average molecular weight is 362 g/mol. The number of carbonyl (C=O) groups is 3. The smallest absolute Gasteiger partial charge is 0.314 e. The third-order valence-electron chi connectivity index (χ3n) is 4.86. The van der Waals surface area contributed by atoms with Crippen molar-refractivity contribution in [2.24, 2.45) is 0 Å². The van der Waals surface area contributed by atoms with Crippen molar-refractivity contribution in [3.05, 3.63) is 59.2 Å². The SMILES string of the molecule is Cc1c(C)c2ccc3cccc4ccc(c1C=O)c2c34.O=C(O)CC(=O)O. The molecule has 0 unspecified atom stereocenters. The molecule has 5 heteroatoms. The van der Waals surface area contributed by atoms with E-state index in [0.29, 0.717) is 0 Å². The van der Waals surface area contributed by atoms with Gasteiger partial charge in [0.15, 0.2) is 6.29 Å². The average Bonchev–Trinajstić information content (AvgIpc) is 2.62. The van der Waals surface area contributed by atoms with Gasteiger partial charge >= 0.3 is 11.9 Å². The van der Waals surface area contributed by atoms with Crippen LogP contribution in [0.1, 0.15) is 27.9 Å². The third kappa shape index (κ3) is 3.19. The van der Waals surface area contributed by atoms with Crippen LogP contribution >= 0.6 is 0 Å². The molecule has 27 heavy (non-hydrogen) atoms. The zero-order valence-electron chi connectivity index (χ0n) is 14.9. The molecule has 0 bridgehead atoms. The normalized spacial score (nSPS) is 10.7. The summed E-state index contributed by atoms with van der Waals surface area (Å²) in [5.74, 6) is -2.62. The topological polar surface area (TPSA) is 91.7 Å². The van der Waals surface area contributed by atoms with Crippen LogP contribution in [0.25, 0.3) is 32.3 Å². The maximum absolute atomic E-state index is 11.5. The quantitative estimate of drug-likeness (QED) is 0.317. The molecule has 0 atom stereocenters. The Bertz CT molecular complexity index is 1160. The van der Waals surface area contributed by atoms with Gasteiger partial charge in [-0.3, -0.25) is 14.4 Å². The Morgan fingerprint density at radius 1 is 0.815 bits per heavy atom. The zero-order valence-corrected chi connectivity index (χ0v) is 14.9. The van der Waals surface area contributed by atoms with Gasteiger partial charge in [0.25, 0.3) is 0 Å². The van der Waals surface area contributed by atoms with Gasteiger partial charge in [-0.15, -0.1) is 0 Å². The number of hydrogen-bond donors (Lipinski definition) is 2. The number of benzene rings is 4. The molecule has 0 saturated carbocycles. The van der Waals surface area contributed by atoms with Crippen molar-refractivity contribution in [1.82, 2.24) is 0 Å². The maximum atomic E-state index is 11.5. The van der Waals surface area contributed by atoms with Crippen LogP contribution in [0.3, 0.4) is 0 Å². The molecule has 0 radical (unpaired) electrons. The predicted molar refractivity (Wildman–Crippen MR) is 105 cm³/mol. The summed E-state index contributed by atoms with van der Waals surface area (Å²) in [5, 5.41) is 22.7. The molecule has 0 heterocycles. The molecule has 0 aromatic heterocycles. The lowest BCUT2D eigenvalue weighted by atomic mass is 9.87. The lowest BCUT2D eigenvalue weighted by Crippen LogP contribution is -2.03. The molecule has 0 spiro atoms. The molecular formula is C22H18O5. The first-order valence-electron chi connectivity index (χ1n) is 8.40. The van der Waals surface area contributed by atoms with Crippen molar-refractivity contribution in [2.75, 3.05) is 0 Å². The largest absolute Gasteiger partial charge is 0.481 e. The van der Waals surface area contributed by atoms with Crippen LogP contribution in [0.15, 0.2) is 42.5 Å². The van der Waals surface area contributed by atoms with Gasteiger partial charge in [-0.2, -0.15) is 0 Å². The van der Waals surface area contributed by atoms with Gasteiger partial charge in [-0.25, -0.2) is 0 Å². The lowest BCUT2D eigenvalue weighted by molar-refractivity contribution is -0.147. The molecule has 0 aliphatic carbocycles. The minimum atomic E-state index is -1.31. The first-order chi connectivity index (χ1) is 12.8. The van der Waals surface area contributed by atoms with Crippen LogP contribution in [0.4, 0.5) is 0 Å². The maximum Gasteiger partial charge on any atom is 0.314 e. The number of rotatable bonds is 3. The van der Waals surface area contributed by atoms with E-state index in [9.17, 15) is 14.4 Å². The minimum Gasteiger partial charge on any atom is -0.481 e. The molecule has 4 rings (SSSR count). The van der Waals surface area contributed by atoms with Gasteiger partial charge in [0, 0.05) is 5.56 Å². The number of aliphatic carboxylic acids is 2. The summed E-state index contributed by atoms with van der Waals surface area (Å²) in [5.41, 5.74) is 3.12. The van der Waals surface area contributed by atoms with Gasteiger partial charge in [0.2, 0.25) is 0 Å². The van der Waals surface area contributed by atoms with E-state index < -0.39 is 18.4 Å². The highest BCUT2D eigenvalue weighted by atomic mass is 16.4. The highest BCUT2D eigenvalue weighted by molar-refractivity contribution is 6.26. The zero-order chi connectivity index (χ0) is 19.7. The molecule has 4 aromatic carbocycles. The summed E-state index contributed by atoms with van der Waals surface area (Å²) in [6.07, 6.45) is 0.189. The second kappa shape index (κ2) is 7.03. The number of carboxylic acid groups (broad SMARTS) is 2. The summed E-state index contributed by atoms with van der Waals surface area (Å²) < 4.78 is 0. The van der Waals surface area contributed by atoms with Crippen molar-refractivity contribution in [2.45, 2.75) is 20.3 Å². The first-order valence-corrected chi connectivity index (χ1v) is 8.40. The van der Waals surface area contributed by atoms with Gasteiger partial charge in [-0.05, 0) is 57.3 Å². The Kier molecular flexibility index (Phi) is 4.77. The van der Waals surface area contributed by atoms with E-state index in [1.807, 2.05) is 6.92 Å². The molecule has 136 valence electrons. The standard InChI is InChI=1S/C19H14O.C3H4O4/c1-11-12(2)17(10-20)16-9-7-14-5-3-4-13-6-8-15(11)19(16)18(13)14;4-2(5)1-3(6)7/h3-10H,1-2H3;1H2,(H,4,5)(H,6,7). The van der Waals surface area contributed by atoms with E-state index in [4.69, 9.17) is 10.2 Å². The monoisotopic (exact) mass is 362 g/mol. The van der Waals surface area contributed by atoms with Crippen LogP contribution in [-0.4, -0.2) is 28.4 Å². The highest BCUT2D eigenvalue weighted by Gasteiger charge is 2.15.